The topological polar surface area (TPSA) is 86.6 Å². The summed E-state index contributed by atoms with van der Waals surface area (Å²) in [6.45, 7) is 8.89. The van der Waals surface area contributed by atoms with Crippen LogP contribution in [-0.4, -0.2) is 65.4 Å². The number of aromatic nitrogens is 3. The Balaban J connectivity index is 1.59. The van der Waals surface area contributed by atoms with E-state index in [1.54, 1.807) is 10.9 Å². The number of hydrogen-bond acceptors (Lipinski definition) is 6. The average molecular weight is 386 g/mol. The number of nitrogens with zero attached hydrogens (tertiary/aromatic N) is 4. The van der Waals surface area contributed by atoms with Gasteiger partial charge in [0.15, 0.2) is 0 Å². The molecule has 0 spiro atoms. The predicted octanol–water partition coefficient (Wildman–Crippen LogP) is 1.11. The molecule has 0 aromatic carbocycles. The van der Waals surface area contributed by atoms with E-state index in [0.29, 0.717) is 25.3 Å². The lowest BCUT2D eigenvalue weighted by molar-refractivity contribution is 0.00578. The van der Waals surface area contributed by atoms with Crippen LogP contribution in [0.5, 0.6) is 0 Å². The van der Waals surface area contributed by atoms with Gasteiger partial charge in [-0.3, -0.25) is 4.68 Å². The number of sulfonamides is 1. The predicted molar refractivity (Wildman–Crippen MR) is 95.1 cm³/mol. The van der Waals surface area contributed by atoms with Crippen molar-refractivity contribution < 1.29 is 22.1 Å². The molecule has 2 aliphatic rings. The fraction of sp³-hybridized carbons (Fsp3) is 0.733. The van der Waals surface area contributed by atoms with E-state index in [4.69, 9.17) is 9.31 Å². The lowest BCUT2D eigenvalue weighted by Crippen LogP contribution is -2.50. The smallest absolute Gasteiger partial charge is 0.398 e. The van der Waals surface area contributed by atoms with Gasteiger partial charge in [0, 0.05) is 25.6 Å². The Bertz CT molecular complexity index is 801. The molecule has 0 bridgehead atoms. The first kappa shape index (κ1) is 19.5. The van der Waals surface area contributed by atoms with Gasteiger partial charge in [0.1, 0.15) is 11.4 Å². The Morgan fingerprint density at radius 2 is 1.92 bits per heavy atom. The van der Waals surface area contributed by atoms with Gasteiger partial charge in [-0.05, 0) is 33.8 Å². The van der Waals surface area contributed by atoms with Crippen LogP contribution in [0.25, 0.3) is 6.08 Å². The van der Waals surface area contributed by atoms with Crippen molar-refractivity contribution in [1.29, 1.82) is 0 Å². The van der Waals surface area contributed by atoms with Crippen LogP contribution in [-0.2, 0) is 25.9 Å². The molecule has 0 unspecified atom stereocenters. The van der Waals surface area contributed by atoms with E-state index in [9.17, 15) is 12.8 Å². The largest absolute Gasteiger partial charge is 0.525 e. The molecular weight excluding hydrogens is 362 g/mol. The minimum atomic E-state index is -3.13. The van der Waals surface area contributed by atoms with Crippen molar-refractivity contribution >= 4 is 23.2 Å². The molecule has 0 amide bonds. The Hall–Kier alpha value is -1.30. The van der Waals surface area contributed by atoms with Crippen molar-refractivity contribution in [2.45, 2.75) is 45.4 Å². The maximum Gasteiger partial charge on any atom is 0.525 e. The SMILES string of the molecule is CC1(C)OB(C(F)=Cc2cn(CC3CN(S(C)(=O)=O)C3)nn2)OC1(C)C. The molecule has 2 saturated heterocycles. The van der Waals surface area contributed by atoms with Gasteiger partial charge in [-0.25, -0.2) is 17.1 Å². The summed E-state index contributed by atoms with van der Waals surface area (Å²) in [4.78, 5) is 0. The molecule has 0 N–H and O–H groups in total. The highest BCUT2D eigenvalue weighted by Gasteiger charge is 2.53. The molecule has 2 aliphatic heterocycles. The third-order valence-corrected chi connectivity index (χ3v) is 6.39. The van der Waals surface area contributed by atoms with Crippen LogP contribution in [0.4, 0.5) is 4.39 Å². The highest BCUT2D eigenvalue weighted by molar-refractivity contribution is 7.88. The van der Waals surface area contributed by atoms with Crippen LogP contribution < -0.4 is 0 Å². The highest BCUT2D eigenvalue weighted by Crippen LogP contribution is 2.39. The third-order valence-electron chi connectivity index (χ3n) is 5.16. The van der Waals surface area contributed by atoms with Crippen LogP contribution in [0.2, 0.25) is 0 Å². The zero-order chi connectivity index (χ0) is 19.3. The van der Waals surface area contributed by atoms with Gasteiger partial charge in [-0.2, -0.15) is 0 Å². The molecule has 8 nitrogen and oxygen atoms in total. The molecule has 0 radical (unpaired) electrons. The molecule has 1 aromatic rings. The van der Waals surface area contributed by atoms with Crippen LogP contribution >= 0.6 is 0 Å². The fourth-order valence-electron chi connectivity index (χ4n) is 2.81. The summed E-state index contributed by atoms with van der Waals surface area (Å²) in [6.07, 6.45) is 4.06. The first-order valence-electron chi connectivity index (χ1n) is 8.45. The molecule has 0 aliphatic carbocycles. The molecule has 3 rings (SSSR count). The Labute approximate surface area is 153 Å². The summed E-state index contributed by atoms with van der Waals surface area (Å²) in [7, 11) is -4.20. The minimum Gasteiger partial charge on any atom is -0.398 e. The lowest BCUT2D eigenvalue weighted by Gasteiger charge is -2.36. The van der Waals surface area contributed by atoms with Crippen LogP contribution in [0.3, 0.4) is 0 Å². The first-order chi connectivity index (χ1) is 11.9. The second kappa shape index (κ2) is 6.40. The van der Waals surface area contributed by atoms with Gasteiger partial charge in [-0.15, -0.1) is 5.10 Å². The van der Waals surface area contributed by atoms with Crippen molar-refractivity contribution in [3.05, 3.63) is 17.6 Å². The van der Waals surface area contributed by atoms with E-state index in [2.05, 4.69) is 10.3 Å². The zero-order valence-electron chi connectivity index (χ0n) is 15.6. The average Bonchev–Trinajstić information content (AvgIpc) is 2.94. The van der Waals surface area contributed by atoms with Crippen LogP contribution in [0.15, 0.2) is 11.9 Å². The van der Waals surface area contributed by atoms with E-state index < -0.39 is 34.1 Å². The van der Waals surface area contributed by atoms with E-state index >= 15 is 0 Å². The Morgan fingerprint density at radius 3 is 2.46 bits per heavy atom. The molecule has 2 fully saturated rings. The van der Waals surface area contributed by atoms with E-state index in [0.717, 1.165) is 0 Å². The second-order valence-electron chi connectivity index (χ2n) is 7.93. The minimum absolute atomic E-state index is 0.177. The normalized spacial score (nSPS) is 24.1. The summed E-state index contributed by atoms with van der Waals surface area (Å²) >= 11 is 0. The van der Waals surface area contributed by atoms with Crippen LogP contribution in [0, 0.1) is 5.92 Å². The zero-order valence-corrected chi connectivity index (χ0v) is 16.5. The van der Waals surface area contributed by atoms with Gasteiger partial charge < -0.3 is 9.31 Å². The van der Waals surface area contributed by atoms with Crippen molar-refractivity contribution in [2.75, 3.05) is 19.3 Å². The van der Waals surface area contributed by atoms with Gasteiger partial charge >= 0.3 is 7.12 Å². The standard InChI is InChI=1S/C15H24BFN4O4S/c1-14(2)15(3,4)25-16(24-14)13(17)6-12-10-20(19-18-12)7-11-8-21(9-11)26(5,22)23/h6,10-11H,7-9H2,1-5H3. The monoisotopic (exact) mass is 386 g/mol. The Morgan fingerprint density at radius 1 is 1.35 bits per heavy atom. The van der Waals surface area contributed by atoms with Gasteiger partial charge in [0.2, 0.25) is 10.0 Å². The highest BCUT2D eigenvalue weighted by atomic mass is 32.2. The molecule has 144 valence electrons. The maximum atomic E-state index is 14.5. The summed E-state index contributed by atoms with van der Waals surface area (Å²) in [6, 6.07) is 0. The summed E-state index contributed by atoms with van der Waals surface area (Å²) in [5, 5.41) is 7.90. The number of rotatable bonds is 5. The van der Waals surface area contributed by atoms with Crippen molar-refractivity contribution in [3.63, 3.8) is 0 Å². The van der Waals surface area contributed by atoms with Gasteiger partial charge in [0.05, 0.1) is 23.7 Å². The molecule has 0 atom stereocenters. The Kier molecular flexibility index (Phi) is 4.79. The summed E-state index contributed by atoms with van der Waals surface area (Å²) < 4.78 is 51.5. The van der Waals surface area contributed by atoms with Crippen LogP contribution in [0.1, 0.15) is 33.4 Å². The molecular formula is C15H24BFN4O4S. The van der Waals surface area contributed by atoms with E-state index in [1.807, 2.05) is 27.7 Å². The second-order valence-corrected chi connectivity index (χ2v) is 9.91. The van der Waals surface area contributed by atoms with Crippen molar-refractivity contribution in [2.24, 2.45) is 5.92 Å². The molecule has 1 aromatic heterocycles. The van der Waals surface area contributed by atoms with E-state index in [-0.39, 0.29) is 5.92 Å². The van der Waals surface area contributed by atoms with Crippen molar-refractivity contribution in [3.8, 4) is 0 Å². The molecule has 0 saturated carbocycles. The summed E-state index contributed by atoms with van der Waals surface area (Å²) in [5.74, 6) is 0.177. The number of halogens is 1. The quantitative estimate of drug-likeness (QED) is 0.705. The molecule has 11 heteroatoms. The third kappa shape index (κ3) is 3.85. The maximum absolute atomic E-state index is 14.5. The van der Waals surface area contributed by atoms with Gasteiger partial charge in [0.25, 0.3) is 0 Å². The summed E-state index contributed by atoms with van der Waals surface area (Å²) in [5.41, 5.74) is -1.44. The first-order valence-corrected chi connectivity index (χ1v) is 10.3. The van der Waals surface area contributed by atoms with Crippen molar-refractivity contribution in [1.82, 2.24) is 19.3 Å². The number of hydrogen-bond donors (Lipinski definition) is 0. The molecule has 3 heterocycles. The van der Waals surface area contributed by atoms with Gasteiger partial charge in [-0.1, -0.05) is 5.21 Å². The fourth-order valence-corrected chi connectivity index (χ4v) is 3.77. The van der Waals surface area contributed by atoms with E-state index in [1.165, 1.54) is 16.6 Å². The molecule has 26 heavy (non-hydrogen) atoms. The lowest BCUT2D eigenvalue weighted by atomic mass is 9.87.